The highest BCUT2D eigenvalue weighted by Crippen LogP contribution is 2.46. The van der Waals surface area contributed by atoms with Crippen molar-refractivity contribution < 1.29 is 5.11 Å². The molecule has 2 rings (SSSR count). The normalized spacial score (nSPS) is 17.4. The van der Waals surface area contributed by atoms with Crippen molar-refractivity contribution in [3.05, 3.63) is 29.3 Å². The summed E-state index contributed by atoms with van der Waals surface area (Å²) in [5.41, 5.74) is 4.32. The quantitative estimate of drug-likeness (QED) is 0.896. The molecule has 0 aromatic heterocycles. The molecule has 0 bridgehead atoms. The lowest BCUT2D eigenvalue weighted by molar-refractivity contribution is 0.215. The molecule has 0 atom stereocenters. The number of aliphatic hydroxyl groups is 1. The number of hydrogen-bond acceptors (Lipinski definition) is 2. The minimum Gasteiger partial charge on any atom is -0.396 e. The van der Waals surface area contributed by atoms with Gasteiger partial charge in [0.05, 0.1) is 6.61 Å². The molecule has 19 heavy (non-hydrogen) atoms. The first-order valence-corrected chi connectivity index (χ1v) is 7.21. The summed E-state index contributed by atoms with van der Waals surface area (Å²) in [7, 11) is 2.14. The van der Waals surface area contributed by atoms with Gasteiger partial charge in [0.15, 0.2) is 0 Å². The average molecular weight is 261 g/mol. The van der Waals surface area contributed by atoms with Crippen LogP contribution in [-0.4, -0.2) is 25.3 Å². The minimum atomic E-state index is 0.166. The van der Waals surface area contributed by atoms with Crippen LogP contribution >= 0.6 is 0 Å². The third-order valence-corrected chi connectivity index (χ3v) is 4.35. The summed E-state index contributed by atoms with van der Waals surface area (Å²) in [4.78, 5) is 2.31. The summed E-state index contributed by atoms with van der Waals surface area (Å²) in [6, 6.07) is 6.75. The van der Waals surface area contributed by atoms with Crippen LogP contribution in [0.15, 0.2) is 18.2 Å². The average Bonchev–Trinajstić information content (AvgIpc) is 3.08. The van der Waals surface area contributed by atoms with Crippen molar-refractivity contribution >= 4 is 5.69 Å². The van der Waals surface area contributed by atoms with Crippen LogP contribution in [0.3, 0.4) is 0 Å². The van der Waals surface area contributed by atoms with Gasteiger partial charge >= 0.3 is 0 Å². The predicted octanol–water partition coefficient (Wildman–Crippen LogP) is 3.50. The van der Waals surface area contributed by atoms with E-state index in [2.05, 4.69) is 57.8 Å². The fraction of sp³-hybridized carbons (Fsp3) is 0.647. The maximum absolute atomic E-state index is 9.48. The van der Waals surface area contributed by atoms with Crippen LogP contribution in [-0.2, 0) is 5.41 Å². The highest BCUT2D eigenvalue weighted by molar-refractivity contribution is 5.55. The Labute approximate surface area is 117 Å². The van der Waals surface area contributed by atoms with Gasteiger partial charge in [-0.1, -0.05) is 32.9 Å². The van der Waals surface area contributed by atoms with E-state index in [1.54, 1.807) is 0 Å². The zero-order valence-electron chi connectivity index (χ0n) is 13.0. The van der Waals surface area contributed by atoms with Crippen LogP contribution in [0.5, 0.6) is 0 Å². The van der Waals surface area contributed by atoms with Gasteiger partial charge in [-0.15, -0.1) is 0 Å². The number of aryl methyl sites for hydroxylation is 1. The molecule has 0 aliphatic heterocycles. The zero-order valence-corrected chi connectivity index (χ0v) is 13.0. The molecule has 106 valence electrons. The van der Waals surface area contributed by atoms with Crippen molar-refractivity contribution in [3.63, 3.8) is 0 Å². The summed E-state index contributed by atoms with van der Waals surface area (Å²) in [6.45, 7) is 10.2. The molecule has 1 aliphatic carbocycles. The maximum atomic E-state index is 9.48. The molecule has 0 heterocycles. The van der Waals surface area contributed by atoms with Gasteiger partial charge in [0.1, 0.15) is 0 Å². The van der Waals surface area contributed by atoms with Gasteiger partial charge in [-0.2, -0.15) is 0 Å². The summed E-state index contributed by atoms with van der Waals surface area (Å²) < 4.78 is 0. The number of anilines is 1. The van der Waals surface area contributed by atoms with Gasteiger partial charge in [0, 0.05) is 24.7 Å². The van der Waals surface area contributed by atoms with Crippen molar-refractivity contribution in [2.45, 2.75) is 46.0 Å². The summed E-state index contributed by atoms with van der Waals surface area (Å²) in [5, 5.41) is 9.48. The summed E-state index contributed by atoms with van der Waals surface area (Å²) in [6.07, 6.45) is 2.32. The van der Waals surface area contributed by atoms with E-state index < -0.39 is 0 Å². The number of rotatable bonds is 4. The summed E-state index contributed by atoms with van der Waals surface area (Å²) >= 11 is 0. The molecule has 0 radical (unpaired) electrons. The fourth-order valence-corrected chi connectivity index (χ4v) is 2.62. The first-order chi connectivity index (χ1) is 8.77. The molecule has 1 aromatic rings. The van der Waals surface area contributed by atoms with Gasteiger partial charge in [-0.25, -0.2) is 0 Å². The highest BCUT2D eigenvalue weighted by Gasteiger charge is 2.43. The van der Waals surface area contributed by atoms with Crippen LogP contribution in [0, 0.1) is 12.3 Å². The van der Waals surface area contributed by atoms with Crippen molar-refractivity contribution in [2.75, 3.05) is 25.1 Å². The van der Waals surface area contributed by atoms with E-state index in [1.807, 2.05) is 0 Å². The zero-order chi connectivity index (χ0) is 14.3. The van der Waals surface area contributed by atoms with E-state index in [9.17, 15) is 5.11 Å². The van der Waals surface area contributed by atoms with E-state index in [1.165, 1.54) is 16.8 Å². The molecular formula is C17H27NO. The number of hydrogen-bond donors (Lipinski definition) is 1. The van der Waals surface area contributed by atoms with Crippen LogP contribution < -0.4 is 4.90 Å². The van der Waals surface area contributed by atoms with Crippen molar-refractivity contribution in [1.82, 2.24) is 0 Å². The highest BCUT2D eigenvalue weighted by atomic mass is 16.3. The van der Waals surface area contributed by atoms with E-state index in [0.29, 0.717) is 6.61 Å². The Morgan fingerprint density at radius 2 is 1.89 bits per heavy atom. The topological polar surface area (TPSA) is 23.5 Å². The van der Waals surface area contributed by atoms with Crippen molar-refractivity contribution in [1.29, 1.82) is 0 Å². The van der Waals surface area contributed by atoms with Crippen LogP contribution in [0.4, 0.5) is 5.69 Å². The smallest absolute Gasteiger partial charge is 0.0504 e. The second-order valence-corrected chi connectivity index (χ2v) is 7.27. The SMILES string of the molecule is Cc1ccc(C(C)(C)C)cc1N(C)CC1(CO)CC1. The molecule has 1 N–H and O–H groups in total. The van der Waals surface area contributed by atoms with Crippen molar-refractivity contribution in [3.8, 4) is 0 Å². The van der Waals surface area contributed by atoms with E-state index in [-0.39, 0.29) is 10.8 Å². The standard InChI is InChI=1S/C17H27NO/c1-13-6-7-14(16(2,3)4)10-15(13)18(5)11-17(12-19)8-9-17/h6-7,10,19H,8-9,11-12H2,1-5H3. The number of benzene rings is 1. The summed E-state index contributed by atoms with van der Waals surface area (Å²) in [5.74, 6) is 0. The third-order valence-electron chi connectivity index (χ3n) is 4.35. The van der Waals surface area contributed by atoms with Gasteiger partial charge < -0.3 is 10.0 Å². The number of nitrogens with zero attached hydrogens (tertiary/aromatic N) is 1. The molecule has 1 fully saturated rings. The van der Waals surface area contributed by atoms with E-state index >= 15 is 0 Å². The largest absolute Gasteiger partial charge is 0.396 e. The fourth-order valence-electron chi connectivity index (χ4n) is 2.62. The van der Waals surface area contributed by atoms with E-state index in [4.69, 9.17) is 0 Å². The first-order valence-electron chi connectivity index (χ1n) is 7.21. The Morgan fingerprint density at radius 1 is 1.26 bits per heavy atom. The van der Waals surface area contributed by atoms with Crippen LogP contribution in [0.1, 0.15) is 44.7 Å². The Balaban J connectivity index is 2.23. The lowest BCUT2D eigenvalue weighted by atomic mass is 9.86. The molecular weight excluding hydrogens is 234 g/mol. The van der Waals surface area contributed by atoms with E-state index in [0.717, 1.165) is 19.4 Å². The molecule has 1 saturated carbocycles. The Bertz CT molecular complexity index is 455. The predicted molar refractivity (Wildman–Crippen MR) is 81.9 cm³/mol. The molecule has 1 aliphatic rings. The van der Waals surface area contributed by atoms with Gasteiger partial charge in [-0.05, 0) is 42.4 Å². The molecule has 0 spiro atoms. The van der Waals surface area contributed by atoms with Gasteiger partial charge in [-0.3, -0.25) is 0 Å². The lowest BCUT2D eigenvalue weighted by Crippen LogP contribution is -2.29. The molecule has 0 saturated heterocycles. The molecule has 0 amide bonds. The molecule has 2 nitrogen and oxygen atoms in total. The van der Waals surface area contributed by atoms with Crippen molar-refractivity contribution in [2.24, 2.45) is 5.41 Å². The third kappa shape index (κ3) is 3.11. The second-order valence-electron chi connectivity index (χ2n) is 7.27. The molecule has 2 heteroatoms. The Kier molecular flexibility index (Phi) is 3.65. The first kappa shape index (κ1) is 14.4. The maximum Gasteiger partial charge on any atom is 0.0504 e. The monoisotopic (exact) mass is 261 g/mol. The molecule has 1 aromatic carbocycles. The van der Waals surface area contributed by atoms with Gasteiger partial charge in [0.2, 0.25) is 0 Å². The minimum absolute atomic E-state index is 0.166. The van der Waals surface area contributed by atoms with Gasteiger partial charge in [0.25, 0.3) is 0 Å². The molecule has 0 unspecified atom stereocenters. The van der Waals surface area contributed by atoms with Crippen LogP contribution in [0.2, 0.25) is 0 Å². The number of aliphatic hydroxyl groups excluding tert-OH is 1. The second kappa shape index (κ2) is 4.82. The lowest BCUT2D eigenvalue weighted by Gasteiger charge is -2.28. The van der Waals surface area contributed by atoms with Crippen LogP contribution in [0.25, 0.3) is 0 Å². The Morgan fingerprint density at radius 3 is 2.37 bits per heavy atom. The Hall–Kier alpha value is -1.02.